The molecule has 3 aliphatic rings. The highest BCUT2D eigenvalue weighted by Gasteiger charge is 2.71. The third-order valence-corrected chi connectivity index (χ3v) is 9.92. The first-order valence-electron chi connectivity index (χ1n) is 14.6. The van der Waals surface area contributed by atoms with E-state index in [4.69, 9.17) is 0 Å². The zero-order chi connectivity index (χ0) is 32.0. The topological polar surface area (TPSA) is 149 Å². The molecular formula is C35H38O8. The molecule has 0 aliphatic heterocycles. The van der Waals surface area contributed by atoms with E-state index in [2.05, 4.69) is 0 Å². The Balaban J connectivity index is 1.80. The zero-order valence-corrected chi connectivity index (χ0v) is 25.6. The molecule has 43 heavy (non-hydrogen) atoms. The van der Waals surface area contributed by atoms with Crippen molar-refractivity contribution in [2.45, 2.75) is 73.3 Å². The number of carbonyl (C=O) groups excluding carboxylic acids is 4. The van der Waals surface area contributed by atoms with Crippen LogP contribution in [0, 0.1) is 29.6 Å². The summed E-state index contributed by atoms with van der Waals surface area (Å²) in [6.07, 6.45) is 0.481. The Morgan fingerprint density at radius 1 is 1.05 bits per heavy atom. The number of phenols is 1. The number of Topliss-reactive ketones (excluding diaryl/α,β-unsaturated/α-hetero) is 4. The summed E-state index contributed by atoms with van der Waals surface area (Å²) in [5.41, 5.74) is -2.88. The number of aryl methyl sites for hydroxylation is 1. The molecule has 2 aromatic rings. The molecule has 4 N–H and O–H groups in total. The van der Waals surface area contributed by atoms with Gasteiger partial charge in [-0.25, -0.2) is 0 Å². The van der Waals surface area contributed by atoms with Gasteiger partial charge in [0, 0.05) is 34.3 Å². The van der Waals surface area contributed by atoms with Crippen molar-refractivity contribution in [3.05, 3.63) is 75.3 Å². The van der Waals surface area contributed by atoms with E-state index < -0.39 is 56.8 Å². The molecule has 0 heterocycles. The van der Waals surface area contributed by atoms with Crippen molar-refractivity contribution in [2.75, 3.05) is 0 Å². The van der Waals surface area contributed by atoms with Gasteiger partial charge >= 0.3 is 0 Å². The number of hydrogen-bond acceptors (Lipinski definition) is 8. The quantitative estimate of drug-likeness (QED) is 0.249. The van der Waals surface area contributed by atoms with Crippen LogP contribution in [0.1, 0.15) is 86.2 Å². The Morgan fingerprint density at radius 3 is 2.28 bits per heavy atom. The number of phenolic OH excluding ortho intramolecular Hbond substituents is 1. The lowest BCUT2D eigenvalue weighted by Crippen LogP contribution is -2.67. The predicted octanol–water partition coefficient (Wildman–Crippen LogP) is 5.91. The van der Waals surface area contributed by atoms with Gasteiger partial charge in [0.15, 0.2) is 23.0 Å². The average Bonchev–Trinajstić information content (AvgIpc) is 2.89. The Hall–Kier alpha value is -4.04. The molecule has 0 spiro atoms. The number of allylic oxidation sites excluding steroid dienone is 2. The fraction of sp³-hybridized carbons (Fsp3) is 0.429. The van der Waals surface area contributed by atoms with Crippen LogP contribution in [0.5, 0.6) is 5.75 Å². The Bertz CT molecular complexity index is 1710. The number of fused-ring (bicyclic) bond motifs is 3. The summed E-state index contributed by atoms with van der Waals surface area (Å²) in [6.45, 7) is 11.7. The lowest BCUT2D eigenvalue weighted by atomic mass is 9.44. The van der Waals surface area contributed by atoms with Crippen molar-refractivity contribution >= 4 is 23.1 Å². The first-order chi connectivity index (χ1) is 19.9. The van der Waals surface area contributed by atoms with Gasteiger partial charge in [-0.3, -0.25) is 19.2 Å². The minimum atomic E-state index is -2.66. The molecule has 0 saturated carbocycles. The Morgan fingerprint density at radius 2 is 1.70 bits per heavy atom. The minimum absolute atomic E-state index is 0.00733. The molecule has 1 unspecified atom stereocenters. The first-order valence-corrected chi connectivity index (χ1v) is 14.6. The normalized spacial score (nSPS) is 28.5. The van der Waals surface area contributed by atoms with Gasteiger partial charge in [0.05, 0.1) is 5.56 Å². The second kappa shape index (κ2) is 9.74. The smallest absolute Gasteiger partial charge is 0.209 e. The molecule has 0 saturated heterocycles. The number of carbonyl (C=O) groups is 4. The largest absolute Gasteiger partial charge is 0.511 e. The summed E-state index contributed by atoms with van der Waals surface area (Å²) in [4.78, 5) is 53.3. The molecule has 0 aromatic heterocycles. The molecule has 8 heteroatoms. The van der Waals surface area contributed by atoms with Gasteiger partial charge in [0.25, 0.3) is 0 Å². The third kappa shape index (κ3) is 3.99. The highest BCUT2D eigenvalue weighted by atomic mass is 16.3. The molecule has 4 atom stereocenters. The maximum Gasteiger partial charge on any atom is 0.209 e. The fourth-order valence-electron chi connectivity index (χ4n) is 8.31. The molecule has 0 fully saturated rings. The fourth-order valence-corrected chi connectivity index (χ4v) is 8.31. The summed E-state index contributed by atoms with van der Waals surface area (Å²) in [7, 11) is 0. The van der Waals surface area contributed by atoms with Gasteiger partial charge in [0.2, 0.25) is 5.78 Å². The van der Waals surface area contributed by atoms with E-state index in [-0.39, 0.29) is 41.4 Å². The number of aromatic hydroxyl groups is 1. The van der Waals surface area contributed by atoms with Crippen molar-refractivity contribution in [3.8, 4) is 16.9 Å². The average molecular weight is 587 g/mol. The molecule has 3 aliphatic carbocycles. The van der Waals surface area contributed by atoms with Gasteiger partial charge in [-0.1, -0.05) is 46.8 Å². The molecule has 0 amide bonds. The third-order valence-electron chi connectivity index (χ3n) is 9.92. The van der Waals surface area contributed by atoms with Gasteiger partial charge in [0.1, 0.15) is 22.8 Å². The number of benzene rings is 2. The molecule has 0 bridgehead atoms. The van der Waals surface area contributed by atoms with Crippen molar-refractivity contribution in [1.82, 2.24) is 0 Å². The zero-order valence-electron chi connectivity index (χ0n) is 25.6. The minimum Gasteiger partial charge on any atom is -0.511 e. The number of ketones is 4. The van der Waals surface area contributed by atoms with Gasteiger partial charge in [-0.05, 0) is 73.1 Å². The van der Waals surface area contributed by atoms with Crippen molar-refractivity contribution < 1.29 is 39.6 Å². The second-order valence-electron chi connectivity index (χ2n) is 13.3. The summed E-state index contributed by atoms with van der Waals surface area (Å²) in [5, 5.41) is 46.3. The highest BCUT2D eigenvalue weighted by molar-refractivity contribution is 6.25. The molecule has 8 nitrogen and oxygen atoms in total. The van der Waals surface area contributed by atoms with Crippen LogP contribution in [0.2, 0.25) is 0 Å². The van der Waals surface area contributed by atoms with E-state index in [1.165, 1.54) is 6.07 Å². The van der Waals surface area contributed by atoms with Crippen LogP contribution in [-0.4, -0.2) is 49.2 Å². The summed E-state index contributed by atoms with van der Waals surface area (Å²) < 4.78 is 0. The van der Waals surface area contributed by atoms with E-state index in [0.29, 0.717) is 28.7 Å². The van der Waals surface area contributed by atoms with E-state index in [9.17, 15) is 39.6 Å². The molecule has 5 rings (SSSR count). The second-order valence-corrected chi connectivity index (χ2v) is 13.3. The number of aliphatic hydroxyl groups excluding tert-OH is 2. The molecule has 2 aromatic carbocycles. The van der Waals surface area contributed by atoms with Crippen LogP contribution in [0.25, 0.3) is 11.1 Å². The maximum atomic E-state index is 14.3. The van der Waals surface area contributed by atoms with E-state index in [1.807, 2.05) is 13.0 Å². The SMILES string of the molecule is CCC(=O)c1cc(C)cc(-c2ccc(O)c3c2C[C@]2(C)C[C@]4(C)C(C(C)C)C(O)=C(C(C)=O)C(=O)[C@]4(O)C(O)=C2C3=O)c1. The monoisotopic (exact) mass is 586 g/mol. The predicted molar refractivity (Wildman–Crippen MR) is 160 cm³/mol. The number of hydrogen-bond donors (Lipinski definition) is 4. The van der Waals surface area contributed by atoms with Crippen LogP contribution in [0.15, 0.2) is 53.0 Å². The van der Waals surface area contributed by atoms with Crippen LogP contribution in [-0.2, 0) is 16.0 Å². The van der Waals surface area contributed by atoms with Gasteiger partial charge in [-0.15, -0.1) is 0 Å². The highest BCUT2D eigenvalue weighted by Crippen LogP contribution is 2.65. The lowest BCUT2D eigenvalue weighted by molar-refractivity contribution is -0.171. The number of rotatable bonds is 5. The van der Waals surface area contributed by atoms with Crippen molar-refractivity contribution in [3.63, 3.8) is 0 Å². The van der Waals surface area contributed by atoms with Crippen LogP contribution < -0.4 is 0 Å². The van der Waals surface area contributed by atoms with Gasteiger partial charge < -0.3 is 20.4 Å². The maximum absolute atomic E-state index is 14.3. The molecular weight excluding hydrogens is 548 g/mol. The Kier molecular flexibility index (Phi) is 6.89. The van der Waals surface area contributed by atoms with Crippen LogP contribution in [0.3, 0.4) is 0 Å². The first kappa shape index (κ1) is 30.4. The van der Waals surface area contributed by atoms with E-state index in [1.54, 1.807) is 52.8 Å². The van der Waals surface area contributed by atoms with Crippen LogP contribution in [0.4, 0.5) is 0 Å². The van der Waals surface area contributed by atoms with Crippen molar-refractivity contribution in [2.24, 2.45) is 22.7 Å². The van der Waals surface area contributed by atoms with E-state index in [0.717, 1.165) is 12.5 Å². The lowest BCUT2D eigenvalue weighted by Gasteiger charge is -2.59. The summed E-state index contributed by atoms with van der Waals surface area (Å²) in [6, 6.07) is 8.55. The number of aliphatic hydroxyl groups is 3. The summed E-state index contributed by atoms with van der Waals surface area (Å²) >= 11 is 0. The summed E-state index contributed by atoms with van der Waals surface area (Å²) in [5.74, 6) is -5.50. The molecule has 0 radical (unpaired) electrons. The standard InChI is InChI=1S/C35H38O8/c1-8-23(37)20-12-17(4)11-19(13-20)21-9-10-24(38)26-22(21)14-33(6)15-34(7)27(16(2)3)29(39)25(18(5)36)31(41)35(34,43)32(42)28(33)30(26)40/h9-13,16,27,38-39,42-43H,8,14-15H2,1-7H3/t27?,33-,34-,35+/m1/s1. The van der Waals surface area contributed by atoms with Crippen molar-refractivity contribution in [1.29, 1.82) is 0 Å². The Labute approximate surface area is 250 Å². The van der Waals surface area contributed by atoms with Crippen LogP contribution >= 0.6 is 0 Å². The van der Waals surface area contributed by atoms with Gasteiger partial charge in [-0.2, -0.15) is 0 Å². The molecule has 226 valence electrons. The van der Waals surface area contributed by atoms with E-state index >= 15 is 0 Å².